The number of aldehydes is 1. The number of benzene rings is 1. The second-order valence-corrected chi connectivity index (χ2v) is 2.72. The minimum atomic E-state index is -0.417. The first-order valence-corrected chi connectivity index (χ1v) is 4.05. The lowest BCUT2D eigenvalue weighted by molar-refractivity contribution is -0.115. The van der Waals surface area contributed by atoms with Crippen LogP contribution in [0, 0.1) is 0 Å². The lowest BCUT2D eigenvalue weighted by atomic mass is 10.1. The fourth-order valence-electron chi connectivity index (χ4n) is 1.10. The second kappa shape index (κ2) is 5.09. The molecule has 1 aromatic carbocycles. The summed E-state index contributed by atoms with van der Waals surface area (Å²) in [7, 11) is 0. The Balaban J connectivity index is 2.56. The van der Waals surface area contributed by atoms with E-state index in [0.717, 1.165) is 11.8 Å². The summed E-state index contributed by atoms with van der Waals surface area (Å²) < 4.78 is 0. The largest absolute Gasteiger partial charge is 0.349 e. The van der Waals surface area contributed by atoms with Crippen molar-refractivity contribution in [3.63, 3.8) is 0 Å². The van der Waals surface area contributed by atoms with E-state index in [9.17, 15) is 9.59 Å². The summed E-state index contributed by atoms with van der Waals surface area (Å²) in [6.45, 7) is 0. The first kappa shape index (κ1) is 9.45. The molecule has 0 saturated carbocycles. The maximum atomic E-state index is 10.5. The standard InChI is InChI=1S/C10H11NO2/c12-7-10(11-8-13)6-9-4-2-1-3-5-9/h1-5,7-8,10H,6H2,(H,11,13)/t10-/m0/s1. The van der Waals surface area contributed by atoms with E-state index in [1.54, 1.807) is 0 Å². The Morgan fingerprint density at radius 2 is 1.92 bits per heavy atom. The third-order valence-corrected chi connectivity index (χ3v) is 1.74. The van der Waals surface area contributed by atoms with E-state index < -0.39 is 6.04 Å². The maximum absolute atomic E-state index is 10.5. The molecule has 0 heterocycles. The Morgan fingerprint density at radius 3 is 2.46 bits per heavy atom. The predicted octanol–water partition coefficient (Wildman–Crippen LogP) is 0.543. The Hall–Kier alpha value is -1.64. The number of nitrogens with one attached hydrogen (secondary N) is 1. The highest BCUT2D eigenvalue weighted by Crippen LogP contribution is 2.01. The Bertz CT molecular complexity index is 272. The number of hydrogen-bond acceptors (Lipinski definition) is 2. The Morgan fingerprint density at radius 1 is 1.23 bits per heavy atom. The molecule has 1 atom stereocenters. The van der Waals surface area contributed by atoms with Crippen molar-refractivity contribution < 1.29 is 9.59 Å². The zero-order valence-electron chi connectivity index (χ0n) is 7.14. The molecule has 1 rings (SSSR count). The molecule has 1 amide bonds. The van der Waals surface area contributed by atoms with E-state index in [-0.39, 0.29) is 0 Å². The van der Waals surface area contributed by atoms with E-state index >= 15 is 0 Å². The molecule has 0 aliphatic carbocycles. The van der Waals surface area contributed by atoms with Gasteiger partial charge in [0.05, 0.1) is 6.04 Å². The highest BCUT2D eigenvalue weighted by molar-refractivity contribution is 5.64. The molecule has 0 unspecified atom stereocenters. The minimum absolute atomic E-state index is 0.417. The summed E-state index contributed by atoms with van der Waals surface area (Å²) >= 11 is 0. The fourth-order valence-corrected chi connectivity index (χ4v) is 1.10. The number of hydrogen-bond donors (Lipinski definition) is 1. The highest BCUT2D eigenvalue weighted by atomic mass is 16.1. The normalized spacial score (nSPS) is 11.7. The van der Waals surface area contributed by atoms with Crippen LogP contribution in [0.1, 0.15) is 5.56 Å². The number of amides is 1. The Kier molecular flexibility index (Phi) is 3.70. The molecule has 68 valence electrons. The van der Waals surface area contributed by atoms with Crippen LogP contribution in [0.4, 0.5) is 0 Å². The maximum Gasteiger partial charge on any atom is 0.207 e. The zero-order valence-corrected chi connectivity index (χ0v) is 7.14. The average molecular weight is 177 g/mol. The fraction of sp³-hybridized carbons (Fsp3) is 0.200. The molecule has 0 spiro atoms. The monoisotopic (exact) mass is 177 g/mol. The SMILES string of the molecule is O=CN[C@H](C=O)Cc1ccccc1. The first-order valence-electron chi connectivity index (χ1n) is 4.05. The molecular formula is C10H11NO2. The molecule has 0 aliphatic rings. The zero-order chi connectivity index (χ0) is 9.52. The van der Waals surface area contributed by atoms with Gasteiger partial charge in [0, 0.05) is 0 Å². The van der Waals surface area contributed by atoms with E-state index in [2.05, 4.69) is 5.32 Å². The molecule has 0 aromatic heterocycles. The highest BCUT2D eigenvalue weighted by Gasteiger charge is 2.05. The molecule has 1 aromatic rings. The van der Waals surface area contributed by atoms with Gasteiger partial charge in [0.25, 0.3) is 0 Å². The van der Waals surface area contributed by atoms with Crippen molar-refractivity contribution in [1.82, 2.24) is 5.32 Å². The van der Waals surface area contributed by atoms with Crippen molar-refractivity contribution in [3.8, 4) is 0 Å². The molecule has 0 fully saturated rings. The van der Waals surface area contributed by atoms with Crippen LogP contribution in [0.15, 0.2) is 30.3 Å². The summed E-state index contributed by atoms with van der Waals surface area (Å²) in [5.41, 5.74) is 1.04. The minimum Gasteiger partial charge on any atom is -0.349 e. The van der Waals surface area contributed by atoms with Gasteiger partial charge in [-0.1, -0.05) is 30.3 Å². The van der Waals surface area contributed by atoms with Crippen molar-refractivity contribution >= 4 is 12.7 Å². The van der Waals surface area contributed by atoms with Crippen LogP contribution in [-0.4, -0.2) is 18.7 Å². The third-order valence-electron chi connectivity index (χ3n) is 1.74. The summed E-state index contributed by atoms with van der Waals surface area (Å²) in [5.74, 6) is 0. The molecule has 0 aliphatic heterocycles. The van der Waals surface area contributed by atoms with Crippen LogP contribution in [0.25, 0.3) is 0 Å². The van der Waals surface area contributed by atoms with Gasteiger partial charge in [-0.15, -0.1) is 0 Å². The predicted molar refractivity (Wildman–Crippen MR) is 49.2 cm³/mol. The van der Waals surface area contributed by atoms with E-state index in [1.807, 2.05) is 30.3 Å². The lowest BCUT2D eigenvalue weighted by Crippen LogP contribution is -2.31. The summed E-state index contributed by atoms with van der Waals surface area (Å²) in [6, 6.07) is 9.13. The molecule has 0 saturated heterocycles. The van der Waals surface area contributed by atoms with E-state index in [0.29, 0.717) is 12.8 Å². The van der Waals surface area contributed by atoms with Gasteiger partial charge in [-0.25, -0.2) is 0 Å². The third kappa shape index (κ3) is 3.07. The van der Waals surface area contributed by atoms with Gasteiger partial charge in [0.15, 0.2) is 0 Å². The smallest absolute Gasteiger partial charge is 0.207 e. The lowest BCUT2D eigenvalue weighted by Gasteiger charge is -2.07. The van der Waals surface area contributed by atoms with E-state index in [1.165, 1.54) is 0 Å². The van der Waals surface area contributed by atoms with Gasteiger partial charge in [-0.3, -0.25) is 4.79 Å². The average Bonchev–Trinajstić information content (AvgIpc) is 2.19. The van der Waals surface area contributed by atoms with Crippen LogP contribution in [-0.2, 0) is 16.0 Å². The summed E-state index contributed by atoms with van der Waals surface area (Å²) in [6.07, 6.45) is 1.83. The van der Waals surface area contributed by atoms with Crippen molar-refractivity contribution in [2.75, 3.05) is 0 Å². The van der Waals surface area contributed by atoms with Gasteiger partial charge < -0.3 is 10.1 Å². The molecule has 0 bridgehead atoms. The van der Waals surface area contributed by atoms with Gasteiger partial charge in [0.1, 0.15) is 6.29 Å². The molecular weight excluding hydrogens is 166 g/mol. The number of carbonyl (C=O) groups excluding carboxylic acids is 2. The van der Waals surface area contributed by atoms with Crippen LogP contribution in [0.3, 0.4) is 0 Å². The first-order chi connectivity index (χ1) is 6.36. The molecule has 13 heavy (non-hydrogen) atoms. The summed E-state index contributed by atoms with van der Waals surface area (Å²) in [5, 5.41) is 2.43. The quantitative estimate of drug-likeness (QED) is 0.667. The van der Waals surface area contributed by atoms with Gasteiger partial charge in [0.2, 0.25) is 6.41 Å². The summed E-state index contributed by atoms with van der Waals surface area (Å²) in [4.78, 5) is 20.6. The number of rotatable bonds is 5. The molecule has 1 N–H and O–H groups in total. The van der Waals surface area contributed by atoms with Gasteiger partial charge in [-0.05, 0) is 12.0 Å². The van der Waals surface area contributed by atoms with Crippen molar-refractivity contribution in [2.24, 2.45) is 0 Å². The van der Waals surface area contributed by atoms with Gasteiger partial charge in [-0.2, -0.15) is 0 Å². The molecule has 0 radical (unpaired) electrons. The Labute approximate surface area is 76.8 Å². The second-order valence-electron chi connectivity index (χ2n) is 2.72. The van der Waals surface area contributed by atoms with Crippen LogP contribution in [0.5, 0.6) is 0 Å². The van der Waals surface area contributed by atoms with Gasteiger partial charge >= 0.3 is 0 Å². The van der Waals surface area contributed by atoms with Crippen LogP contribution in [0.2, 0.25) is 0 Å². The van der Waals surface area contributed by atoms with Crippen LogP contribution >= 0.6 is 0 Å². The van der Waals surface area contributed by atoms with Crippen molar-refractivity contribution in [1.29, 1.82) is 0 Å². The van der Waals surface area contributed by atoms with Crippen molar-refractivity contribution in [3.05, 3.63) is 35.9 Å². The number of carbonyl (C=O) groups is 2. The van der Waals surface area contributed by atoms with Crippen LogP contribution < -0.4 is 5.32 Å². The topological polar surface area (TPSA) is 46.2 Å². The van der Waals surface area contributed by atoms with Crippen molar-refractivity contribution in [2.45, 2.75) is 12.5 Å². The molecule has 3 heteroatoms. The molecule has 3 nitrogen and oxygen atoms in total. The van der Waals surface area contributed by atoms with E-state index in [4.69, 9.17) is 0 Å².